The number of hydrogen-bond acceptors (Lipinski definition) is 5. The Balaban J connectivity index is 1.63. The van der Waals surface area contributed by atoms with Crippen molar-refractivity contribution in [3.05, 3.63) is 101 Å². The van der Waals surface area contributed by atoms with Crippen LogP contribution in [0.15, 0.2) is 83.8 Å². The number of sulfonamides is 1. The van der Waals surface area contributed by atoms with Crippen molar-refractivity contribution in [2.75, 3.05) is 13.1 Å². The summed E-state index contributed by atoms with van der Waals surface area (Å²) in [6, 6.07) is 20.0. The van der Waals surface area contributed by atoms with Crippen LogP contribution in [0.5, 0.6) is 0 Å². The second-order valence-corrected chi connectivity index (χ2v) is 11.1. The molecule has 0 radical (unpaired) electrons. The fraction of sp³-hybridized carbons (Fsp3) is 0.276. The van der Waals surface area contributed by atoms with Crippen molar-refractivity contribution in [2.24, 2.45) is 0 Å². The summed E-state index contributed by atoms with van der Waals surface area (Å²) in [5.41, 5.74) is 1.06. The number of hydrogen-bond donors (Lipinski definition) is 1. The first-order chi connectivity index (χ1) is 18.7. The highest BCUT2D eigenvalue weighted by Crippen LogP contribution is 2.30. The lowest BCUT2D eigenvalue weighted by molar-refractivity contribution is -0.141. The SMILES string of the molecule is CCCNC(=O)[C@H](Cc1ccccc1)N(Cc1ccccc1F)C(=O)CCN1C(=O)c2ccccc2S1(=O)=O. The van der Waals surface area contributed by atoms with E-state index in [9.17, 15) is 27.2 Å². The Labute approximate surface area is 227 Å². The minimum absolute atomic E-state index is 0.0501. The molecule has 10 heteroatoms. The van der Waals surface area contributed by atoms with Crippen LogP contribution in [0.2, 0.25) is 0 Å². The molecule has 0 bridgehead atoms. The van der Waals surface area contributed by atoms with Crippen molar-refractivity contribution in [1.29, 1.82) is 0 Å². The third-order valence-corrected chi connectivity index (χ3v) is 8.40. The van der Waals surface area contributed by atoms with Crippen molar-refractivity contribution in [1.82, 2.24) is 14.5 Å². The number of fused-ring (bicyclic) bond motifs is 1. The van der Waals surface area contributed by atoms with E-state index in [2.05, 4.69) is 5.32 Å². The number of carbonyl (C=O) groups is 3. The standard InChI is InChI=1S/C29H30FN3O5S/c1-2-17-31-28(35)25(19-21-10-4-3-5-11-21)32(20-22-12-6-8-14-24(22)30)27(34)16-18-33-29(36)23-13-7-9-15-26(23)39(33,37)38/h3-15,25H,2,16-20H2,1H3,(H,31,35)/t25-/m0/s1. The van der Waals surface area contributed by atoms with Crippen molar-refractivity contribution in [3.63, 3.8) is 0 Å². The van der Waals surface area contributed by atoms with Gasteiger partial charge in [0.2, 0.25) is 11.8 Å². The second-order valence-electron chi connectivity index (χ2n) is 9.24. The van der Waals surface area contributed by atoms with Crippen LogP contribution in [-0.2, 0) is 32.6 Å². The predicted octanol–water partition coefficient (Wildman–Crippen LogP) is 3.53. The maximum absolute atomic E-state index is 14.7. The van der Waals surface area contributed by atoms with Crippen LogP contribution in [0.4, 0.5) is 4.39 Å². The maximum Gasteiger partial charge on any atom is 0.269 e. The molecule has 4 rings (SSSR count). The monoisotopic (exact) mass is 551 g/mol. The molecule has 1 atom stereocenters. The Morgan fingerprint density at radius 1 is 0.974 bits per heavy atom. The Morgan fingerprint density at radius 3 is 2.33 bits per heavy atom. The molecule has 1 N–H and O–H groups in total. The molecule has 3 aromatic carbocycles. The van der Waals surface area contributed by atoms with E-state index in [1.54, 1.807) is 12.1 Å². The molecule has 0 saturated carbocycles. The molecule has 0 unspecified atom stereocenters. The smallest absolute Gasteiger partial charge is 0.269 e. The number of halogens is 1. The molecule has 0 saturated heterocycles. The minimum Gasteiger partial charge on any atom is -0.354 e. The van der Waals surface area contributed by atoms with Gasteiger partial charge in [-0.15, -0.1) is 0 Å². The Morgan fingerprint density at radius 2 is 1.64 bits per heavy atom. The fourth-order valence-corrected chi connectivity index (χ4v) is 6.09. The quantitative estimate of drug-likeness (QED) is 0.393. The highest BCUT2D eigenvalue weighted by atomic mass is 32.2. The Bertz CT molecular complexity index is 1460. The minimum atomic E-state index is -4.11. The van der Waals surface area contributed by atoms with Crippen LogP contribution in [0, 0.1) is 5.82 Å². The zero-order valence-electron chi connectivity index (χ0n) is 21.5. The normalized spacial score (nSPS) is 14.5. The number of nitrogens with zero attached hydrogens (tertiary/aromatic N) is 2. The molecular formula is C29H30FN3O5S. The van der Waals surface area contributed by atoms with E-state index in [0.29, 0.717) is 17.3 Å². The molecule has 1 aliphatic heterocycles. The van der Waals surface area contributed by atoms with E-state index < -0.39 is 46.1 Å². The largest absolute Gasteiger partial charge is 0.354 e. The molecule has 39 heavy (non-hydrogen) atoms. The average Bonchev–Trinajstić information content (AvgIpc) is 3.13. The first kappa shape index (κ1) is 28.0. The lowest BCUT2D eigenvalue weighted by Crippen LogP contribution is -2.51. The van der Waals surface area contributed by atoms with Gasteiger partial charge >= 0.3 is 0 Å². The predicted molar refractivity (Wildman–Crippen MR) is 143 cm³/mol. The third-order valence-electron chi connectivity index (χ3n) is 6.56. The van der Waals surface area contributed by atoms with Gasteiger partial charge in [-0.25, -0.2) is 17.1 Å². The van der Waals surface area contributed by atoms with Gasteiger partial charge in [0.05, 0.1) is 5.56 Å². The first-order valence-electron chi connectivity index (χ1n) is 12.7. The zero-order valence-corrected chi connectivity index (χ0v) is 22.4. The van der Waals surface area contributed by atoms with E-state index in [4.69, 9.17) is 0 Å². The van der Waals surface area contributed by atoms with Gasteiger partial charge in [-0.05, 0) is 30.2 Å². The summed E-state index contributed by atoms with van der Waals surface area (Å²) in [7, 11) is -4.11. The highest BCUT2D eigenvalue weighted by Gasteiger charge is 2.41. The summed E-state index contributed by atoms with van der Waals surface area (Å²) < 4.78 is 41.3. The summed E-state index contributed by atoms with van der Waals surface area (Å²) in [6.45, 7) is 1.69. The van der Waals surface area contributed by atoms with E-state index in [0.717, 1.165) is 5.56 Å². The molecule has 3 amide bonds. The lowest BCUT2D eigenvalue weighted by Gasteiger charge is -2.32. The molecule has 1 heterocycles. The van der Waals surface area contributed by atoms with E-state index in [-0.39, 0.29) is 35.4 Å². The second kappa shape index (κ2) is 12.2. The van der Waals surface area contributed by atoms with Gasteiger partial charge in [0.15, 0.2) is 0 Å². The molecular weight excluding hydrogens is 521 g/mol. The number of carbonyl (C=O) groups excluding carboxylic acids is 3. The lowest BCUT2D eigenvalue weighted by atomic mass is 10.0. The number of rotatable bonds is 11. The summed E-state index contributed by atoms with van der Waals surface area (Å²) in [6.07, 6.45) is 0.475. The summed E-state index contributed by atoms with van der Waals surface area (Å²) >= 11 is 0. The van der Waals surface area contributed by atoms with E-state index in [1.165, 1.54) is 41.3 Å². The van der Waals surface area contributed by atoms with Crippen LogP contribution in [0.25, 0.3) is 0 Å². The van der Waals surface area contributed by atoms with Gasteiger partial charge in [-0.1, -0.05) is 67.6 Å². The van der Waals surface area contributed by atoms with E-state index in [1.807, 2.05) is 37.3 Å². The average molecular weight is 552 g/mol. The number of amides is 3. The van der Waals surface area contributed by atoms with Crippen molar-refractivity contribution >= 4 is 27.7 Å². The molecule has 204 valence electrons. The van der Waals surface area contributed by atoms with Crippen LogP contribution in [0.1, 0.15) is 41.3 Å². The topological polar surface area (TPSA) is 104 Å². The van der Waals surface area contributed by atoms with Crippen molar-refractivity contribution in [3.8, 4) is 0 Å². The van der Waals surface area contributed by atoms with Gasteiger partial charge in [-0.3, -0.25) is 14.4 Å². The molecule has 0 fully saturated rings. The molecule has 0 aliphatic carbocycles. The number of benzene rings is 3. The van der Waals surface area contributed by atoms with Gasteiger partial charge in [0, 0.05) is 38.0 Å². The maximum atomic E-state index is 14.7. The van der Waals surface area contributed by atoms with Gasteiger partial charge in [0.1, 0.15) is 16.8 Å². The molecule has 3 aromatic rings. The van der Waals surface area contributed by atoms with Gasteiger partial charge in [-0.2, -0.15) is 0 Å². The summed E-state index contributed by atoms with van der Waals surface area (Å²) in [4.78, 5) is 41.0. The van der Waals surface area contributed by atoms with Crippen LogP contribution in [0.3, 0.4) is 0 Å². The van der Waals surface area contributed by atoms with Crippen LogP contribution < -0.4 is 5.32 Å². The Hall–Kier alpha value is -4.05. The molecule has 0 spiro atoms. The van der Waals surface area contributed by atoms with E-state index >= 15 is 0 Å². The highest BCUT2D eigenvalue weighted by molar-refractivity contribution is 7.90. The van der Waals surface area contributed by atoms with Gasteiger partial charge < -0.3 is 10.2 Å². The molecule has 1 aliphatic rings. The molecule has 0 aromatic heterocycles. The zero-order chi connectivity index (χ0) is 28.0. The fourth-order valence-electron chi connectivity index (χ4n) is 4.52. The summed E-state index contributed by atoms with van der Waals surface area (Å²) in [5, 5.41) is 2.83. The van der Waals surface area contributed by atoms with Crippen molar-refractivity contribution < 1.29 is 27.2 Å². The van der Waals surface area contributed by atoms with Crippen LogP contribution >= 0.6 is 0 Å². The summed E-state index contributed by atoms with van der Waals surface area (Å²) in [5.74, 6) is -2.22. The van der Waals surface area contributed by atoms with Gasteiger partial charge in [0.25, 0.3) is 15.9 Å². The number of nitrogens with one attached hydrogen (secondary N) is 1. The van der Waals surface area contributed by atoms with Crippen LogP contribution in [-0.4, -0.2) is 54.5 Å². The Kier molecular flexibility index (Phi) is 8.75. The van der Waals surface area contributed by atoms with Crippen molar-refractivity contribution in [2.45, 2.75) is 43.7 Å². The first-order valence-corrected chi connectivity index (χ1v) is 14.2. The third kappa shape index (κ3) is 6.17. The molecule has 8 nitrogen and oxygen atoms in total.